The number of rotatable bonds is 11. The number of aromatic nitrogens is 4. The van der Waals surface area contributed by atoms with Crippen LogP contribution >= 0.6 is 0 Å². The van der Waals surface area contributed by atoms with E-state index in [1.165, 1.54) is 18.4 Å². The normalized spacial score (nSPS) is 11.5. The van der Waals surface area contributed by atoms with Crippen molar-refractivity contribution < 1.29 is 17.6 Å². The standard InChI is InChI=1S/C29H28FN7O3S/c1-41(39,40)18-20-9-11-23(12-10-20)33-28-32-14-13-24(34-28)17-31-19-37-26-8-3-2-7-25(26)35-29(37)36-27(38)16-21-5-4-6-22(30)15-21/h2-15,31H,16-19H2,1H3,(H,32,33,34)(H,35,36,38). The molecule has 0 saturated heterocycles. The first-order valence-corrected chi connectivity index (χ1v) is 14.8. The van der Waals surface area contributed by atoms with Gasteiger partial charge in [-0.3, -0.25) is 20.0 Å². The van der Waals surface area contributed by atoms with Crippen molar-refractivity contribution in [2.75, 3.05) is 16.9 Å². The Hall–Kier alpha value is -4.68. The highest BCUT2D eigenvalue weighted by atomic mass is 32.2. The van der Waals surface area contributed by atoms with Gasteiger partial charge in [0.25, 0.3) is 0 Å². The third kappa shape index (κ3) is 7.71. The summed E-state index contributed by atoms with van der Waals surface area (Å²) in [7, 11) is -3.11. The van der Waals surface area contributed by atoms with Gasteiger partial charge in [-0.05, 0) is 53.6 Å². The van der Waals surface area contributed by atoms with E-state index in [1.807, 2.05) is 28.8 Å². The smallest absolute Gasteiger partial charge is 0.231 e. The van der Waals surface area contributed by atoms with Crippen LogP contribution < -0.4 is 16.0 Å². The summed E-state index contributed by atoms with van der Waals surface area (Å²) >= 11 is 0. The van der Waals surface area contributed by atoms with Crippen molar-refractivity contribution in [2.45, 2.75) is 25.4 Å². The zero-order valence-corrected chi connectivity index (χ0v) is 23.0. The summed E-state index contributed by atoms with van der Waals surface area (Å²) in [6.07, 6.45) is 2.87. The number of carbonyl (C=O) groups is 1. The van der Waals surface area contributed by atoms with Gasteiger partial charge >= 0.3 is 0 Å². The van der Waals surface area contributed by atoms with Gasteiger partial charge in [0.15, 0.2) is 9.84 Å². The lowest BCUT2D eigenvalue weighted by atomic mass is 10.1. The number of imidazole rings is 1. The quantitative estimate of drug-likeness (QED) is 0.215. The van der Waals surface area contributed by atoms with Crippen molar-refractivity contribution in [1.29, 1.82) is 0 Å². The number of amides is 1. The van der Waals surface area contributed by atoms with Crippen LogP contribution in [-0.4, -0.2) is 40.1 Å². The number of carbonyl (C=O) groups excluding carboxylic acids is 1. The van der Waals surface area contributed by atoms with E-state index < -0.39 is 15.7 Å². The molecule has 0 spiro atoms. The third-order valence-corrected chi connectivity index (χ3v) is 6.95. The summed E-state index contributed by atoms with van der Waals surface area (Å²) in [5, 5.41) is 9.32. The van der Waals surface area contributed by atoms with Gasteiger partial charge in [-0.15, -0.1) is 0 Å². The van der Waals surface area contributed by atoms with Crippen LogP contribution in [0, 0.1) is 5.82 Å². The topological polar surface area (TPSA) is 131 Å². The summed E-state index contributed by atoms with van der Waals surface area (Å²) in [4.78, 5) is 26.1. The Bertz CT molecular complexity index is 1790. The molecule has 12 heteroatoms. The summed E-state index contributed by atoms with van der Waals surface area (Å²) < 4.78 is 38.4. The molecule has 0 bridgehead atoms. The average molecular weight is 574 g/mol. The van der Waals surface area contributed by atoms with Crippen molar-refractivity contribution in [1.82, 2.24) is 24.8 Å². The second kappa shape index (κ2) is 12.2. The first-order valence-electron chi connectivity index (χ1n) is 12.8. The molecule has 0 aliphatic carbocycles. The number of hydrogen-bond donors (Lipinski definition) is 3. The van der Waals surface area contributed by atoms with E-state index in [9.17, 15) is 17.6 Å². The van der Waals surface area contributed by atoms with Crippen molar-refractivity contribution in [2.24, 2.45) is 0 Å². The molecule has 1 amide bonds. The third-order valence-electron chi connectivity index (χ3n) is 6.09. The lowest BCUT2D eigenvalue weighted by Gasteiger charge is -2.12. The van der Waals surface area contributed by atoms with Crippen molar-refractivity contribution in [3.63, 3.8) is 0 Å². The van der Waals surface area contributed by atoms with E-state index in [-0.39, 0.29) is 18.1 Å². The monoisotopic (exact) mass is 573 g/mol. The van der Waals surface area contributed by atoms with E-state index >= 15 is 0 Å². The van der Waals surface area contributed by atoms with Gasteiger partial charge in [-0.25, -0.2) is 27.8 Å². The molecular formula is C29H28FN7O3S. The van der Waals surface area contributed by atoms with Crippen molar-refractivity contribution >= 4 is 44.4 Å². The Labute approximate surface area is 236 Å². The molecular weight excluding hydrogens is 545 g/mol. The van der Waals surface area contributed by atoms with Crippen LogP contribution in [0.2, 0.25) is 0 Å². The zero-order valence-electron chi connectivity index (χ0n) is 22.2. The number of sulfone groups is 1. The highest BCUT2D eigenvalue weighted by molar-refractivity contribution is 7.89. The lowest BCUT2D eigenvalue weighted by molar-refractivity contribution is -0.115. The molecule has 2 heterocycles. The number of nitrogens with one attached hydrogen (secondary N) is 3. The highest BCUT2D eigenvalue weighted by Gasteiger charge is 2.14. The van der Waals surface area contributed by atoms with Crippen LogP contribution in [-0.2, 0) is 40.0 Å². The second-order valence-electron chi connectivity index (χ2n) is 9.56. The lowest BCUT2D eigenvalue weighted by Crippen LogP contribution is -2.23. The summed E-state index contributed by atoms with van der Waals surface area (Å²) in [6.45, 7) is 0.748. The van der Waals surface area contributed by atoms with Crippen LogP contribution in [0.4, 0.5) is 22.0 Å². The number of fused-ring (bicyclic) bond motifs is 1. The maximum Gasteiger partial charge on any atom is 0.231 e. The molecule has 0 radical (unpaired) electrons. The SMILES string of the molecule is CS(=O)(=O)Cc1ccc(Nc2nccc(CNCn3c(NC(=O)Cc4cccc(F)c4)nc4ccccc43)n2)cc1. The molecule has 0 unspecified atom stereocenters. The fraction of sp³-hybridized carbons (Fsp3) is 0.172. The first-order chi connectivity index (χ1) is 19.7. The molecule has 0 aliphatic rings. The van der Waals surface area contributed by atoms with E-state index in [0.717, 1.165) is 22.4 Å². The molecule has 0 fully saturated rings. The Balaban J connectivity index is 1.23. The van der Waals surface area contributed by atoms with Crippen LogP contribution in [0.5, 0.6) is 0 Å². The van der Waals surface area contributed by atoms with E-state index in [2.05, 4.69) is 30.9 Å². The second-order valence-corrected chi connectivity index (χ2v) is 11.7. The van der Waals surface area contributed by atoms with Gasteiger partial charge in [-0.1, -0.05) is 36.4 Å². The predicted molar refractivity (Wildman–Crippen MR) is 156 cm³/mol. The van der Waals surface area contributed by atoms with Gasteiger partial charge in [0.1, 0.15) is 5.82 Å². The van der Waals surface area contributed by atoms with Crippen LogP contribution in [0.3, 0.4) is 0 Å². The fourth-order valence-electron chi connectivity index (χ4n) is 4.30. The molecule has 10 nitrogen and oxygen atoms in total. The molecule has 5 aromatic rings. The molecule has 2 aromatic heterocycles. The number of anilines is 3. The largest absolute Gasteiger partial charge is 0.324 e. The minimum absolute atomic E-state index is 0.0183. The molecule has 3 N–H and O–H groups in total. The van der Waals surface area contributed by atoms with Gasteiger partial charge in [-0.2, -0.15) is 0 Å². The van der Waals surface area contributed by atoms with Gasteiger partial charge in [0, 0.05) is 24.7 Å². The van der Waals surface area contributed by atoms with Crippen molar-refractivity contribution in [3.05, 3.63) is 108 Å². The molecule has 5 rings (SSSR count). The van der Waals surface area contributed by atoms with E-state index in [0.29, 0.717) is 36.2 Å². The Kier molecular flexibility index (Phi) is 8.31. The Morgan fingerprint density at radius 1 is 0.951 bits per heavy atom. The van der Waals surface area contributed by atoms with Crippen molar-refractivity contribution in [3.8, 4) is 0 Å². The average Bonchev–Trinajstić information content (AvgIpc) is 3.26. The van der Waals surface area contributed by atoms with Crippen LogP contribution in [0.1, 0.15) is 16.8 Å². The highest BCUT2D eigenvalue weighted by Crippen LogP contribution is 2.20. The minimum atomic E-state index is -3.11. The van der Waals surface area contributed by atoms with Gasteiger partial charge < -0.3 is 5.32 Å². The molecule has 0 saturated carbocycles. The Morgan fingerprint density at radius 2 is 1.76 bits per heavy atom. The fourth-order valence-corrected chi connectivity index (χ4v) is 5.10. The number of para-hydroxylation sites is 2. The summed E-state index contributed by atoms with van der Waals surface area (Å²) in [6, 6.07) is 22.4. The van der Waals surface area contributed by atoms with Gasteiger partial charge in [0.2, 0.25) is 17.8 Å². The summed E-state index contributed by atoms with van der Waals surface area (Å²) in [5.41, 5.74) is 4.31. The van der Waals surface area contributed by atoms with E-state index in [4.69, 9.17) is 0 Å². The van der Waals surface area contributed by atoms with Crippen LogP contribution in [0.15, 0.2) is 85.1 Å². The first kappa shape index (κ1) is 27.9. The molecule has 0 aliphatic heterocycles. The number of halogens is 1. The zero-order chi connectivity index (χ0) is 28.8. The minimum Gasteiger partial charge on any atom is -0.324 e. The maximum atomic E-state index is 13.5. The summed E-state index contributed by atoms with van der Waals surface area (Å²) in [5.74, 6) is 0.0681. The number of hydrogen-bond acceptors (Lipinski definition) is 8. The molecule has 210 valence electrons. The Morgan fingerprint density at radius 3 is 2.54 bits per heavy atom. The molecule has 41 heavy (non-hydrogen) atoms. The van der Waals surface area contributed by atoms with Crippen LogP contribution in [0.25, 0.3) is 11.0 Å². The molecule has 3 aromatic carbocycles. The van der Waals surface area contributed by atoms with E-state index in [1.54, 1.807) is 48.7 Å². The predicted octanol–water partition coefficient (Wildman–Crippen LogP) is 4.18. The maximum absolute atomic E-state index is 13.5. The number of nitrogens with zero attached hydrogens (tertiary/aromatic N) is 4. The van der Waals surface area contributed by atoms with Gasteiger partial charge in [0.05, 0.1) is 35.6 Å². The number of benzene rings is 3. The molecule has 0 atom stereocenters.